The number of nitrogens with one attached hydrogen (secondary N) is 2. The number of urea groups is 1. The number of ether oxygens (including phenoxy) is 1. The summed E-state index contributed by atoms with van der Waals surface area (Å²) in [6.45, 7) is 7.26. The van der Waals surface area contributed by atoms with Crippen LogP contribution in [0, 0.1) is 0 Å². The van der Waals surface area contributed by atoms with E-state index in [4.69, 9.17) is 16.3 Å². The molecule has 1 aliphatic rings. The van der Waals surface area contributed by atoms with Crippen molar-refractivity contribution in [2.24, 2.45) is 0 Å². The summed E-state index contributed by atoms with van der Waals surface area (Å²) in [5, 5.41) is 6.68. The van der Waals surface area contributed by atoms with Gasteiger partial charge in [-0.3, -0.25) is 9.88 Å². The third kappa shape index (κ3) is 12.5. The van der Waals surface area contributed by atoms with Gasteiger partial charge in [-0.15, -0.1) is 0 Å². The van der Waals surface area contributed by atoms with Crippen LogP contribution in [0.25, 0.3) is 0 Å². The van der Waals surface area contributed by atoms with Crippen LogP contribution in [0.2, 0.25) is 5.02 Å². The number of amides is 2. The molecule has 1 saturated heterocycles. The third-order valence-corrected chi connectivity index (χ3v) is 8.50. The topological polar surface area (TPSA) is 69.7 Å². The zero-order valence-electron chi connectivity index (χ0n) is 26.4. The van der Waals surface area contributed by atoms with E-state index in [0.29, 0.717) is 19.7 Å². The Balaban J connectivity index is 1.02. The normalized spacial score (nSPS) is 14.3. The van der Waals surface area contributed by atoms with Gasteiger partial charge in [-0.05, 0) is 119 Å². The van der Waals surface area contributed by atoms with Crippen molar-refractivity contribution in [3.8, 4) is 5.75 Å². The van der Waals surface area contributed by atoms with E-state index >= 15 is 0 Å². The highest BCUT2D eigenvalue weighted by molar-refractivity contribution is 6.30. The minimum Gasteiger partial charge on any atom is -0.494 e. The van der Waals surface area contributed by atoms with E-state index in [1.807, 2.05) is 30.5 Å². The van der Waals surface area contributed by atoms with Gasteiger partial charge < -0.3 is 20.3 Å². The number of hydrogen-bond donors (Lipinski definition) is 2. The summed E-state index contributed by atoms with van der Waals surface area (Å²) >= 11 is 6.12. The molecule has 0 radical (unpaired) electrons. The van der Waals surface area contributed by atoms with Gasteiger partial charge in [-0.2, -0.15) is 0 Å². The predicted octanol–water partition coefficient (Wildman–Crippen LogP) is 7.11. The molecule has 2 heterocycles. The van der Waals surface area contributed by atoms with Crippen LogP contribution in [0.3, 0.4) is 0 Å². The molecule has 4 rings (SSSR count). The molecule has 1 unspecified atom stereocenters. The minimum atomic E-state index is -0.103. The van der Waals surface area contributed by atoms with Crippen molar-refractivity contribution in [3.63, 3.8) is 0 Å². The number of likely N-dealkylation sites (tertiary alicyclic amines) is 1. The molecule has 238 valence electrons. The number of aromatic nitrogens is 1. The molecule has 2 amide bonds. The molecule has 1 atom stereocenters. The summed E-state index contributed by atoms with van der Waals surface area (Å²) in [4.78, 5) is 21.7. The SMILES string of the molecule is CN(CCCCCNC(=O)NCCCOc1cccc(CN2CCCCC2)c1)CCC(c1ccc(Cl)cc1)c1ccccn1. The zero-order chi connectivity index (χ0) is 30.8. The first-order valence-electron chi connectivity index (χ1n) is 16.4. The fourth-order valence-corrected chi connectivity index (χ4v) is 5.87. The summed E-state index contributed by atoms with van der Waals surface area (Å²) in [5.41, 5.74) is 3.64. The second-order valence-electron chi connectivity index (χ2n) is 11.9. The molecule has 0 bridgehead atoms. The Morgan fingerprint density at radius 3 is 2.50 bits per heavy atom. The van der Waals surface area contributed by atoms with Crippen LogP contribution >= 0.6 is 11.6 Å². The van der Waals surface area contributed by atoms with Crippen molar-refractivity contribution < 1.29 is 9.53 Å². The minimum absolute atomic E-state index is 0.103. The Morgan fingerprint density at radius 1 is 0.932 bits per heavy atom. The van der Waals surface area contributed by atoms with Gasteiger partial charge in [0.05, 0.1) is 6.61 Å². The van der Waals surface area contributed by atoms with Gasteiger partial charge in [0.2, 0.25) is 0 Å². The average molecular weight is 620 g/mol. The quantitative estimate of drug-likeness (QED) is 0.149. The number of pyridine rings is 1. The molecule has 2 aromatic carbocycles. The summed E-state index contributed by atoms with van der Waals surface area (Å²) in [6.07, 6.45) is 10.7. The molecule has 0 spiro atoms. The summed E-state index contributed by atoms with van der Waals surface area (Å²) < 4.78 is 5.94. The van der Waals surface area contributed by atoms with Crippen molar-refractivity contribution in [3.05, 3.63) is 94.8 Å². The Kier molecular flexibility index (Phi) is 14.8. The van der Waals surface area contributed by atoms with Crippen molar-refractivity contribution >= 4 is 17.6 Å². The third-order valence-electron chi connectivity index (χ3n) is 8.25. The predicted molar refractivity (Wildman–Crippen MR) is 181 cm³/mol. The maximum atomic E-state index is 12.2. The maximum absolute atomic E-state index is 12.2. The van der Waals surface area contributed by atoms with E-state index in [0.717, 1.165) is 68.2 Å². The first-order valence-corrected chi connectivity index (χ1v) is 16.8. The van der Waals surface area contributed by atoms with Crippen molar-refractivity contribution in [2.45, 2.75) is 63.8 Å². The van der Waals surface area contributed by atoms with E-state index < -0.39 is 0 Å². The van der Waals surface area contributed by atoms with Crippen LogP contribution in [0.15, 0.2) is 72.9 Å². The molecule has 3 aromatic rings. The van der Waals surface area contributed by atoms with E-state index in [9.17, 15) is 4.79 Å². The molecular weight excluding hydrogens is 570 g/mol. The number of carbonyl (C=O) groups is 1. The monoisotopic (exact) mass is 619 g/mol. The molecule has 8 heteroatoms. The molecule has 44 heavy (non-hydrogen) atoms. The number of nitrogens with zero attached hydrogens (tertiary/aromatic N) is 3. The fourth-order valence-electron chi connectivity index (χ4n) is 5.75. The van der Waals surface area contributed by atoms with E-state index in [-0.39, 0.29) is 11.9 Å². The second kappa shape index (κ2) is 19.3. The number of carbonyl (C=O) groups excluding carboxylic acids is 1. The van der Waals surface area contributed by atoms with Crippen molar-refractivity contribution in [1.29, 1.82) is 0 Å². The van der Waals surface area contributed by atoms with E-state index in [1.165, 1.54) is 43.5 Å². The lowest BCUT2D eigenvalue weighted by molar-refractivity contribution is 0.220. The van der Waals surface area contributed by atoms with Gasteiger partial charge in [0, 0.05) is 42.5 Å². The number of halogens is 1. The highest BCUT2D eigenvalue weighted by atomic mass is 35.5. The average Bonchev–Trinajstić information content (AvgIpc) is 3.04. The largest absolute Gasteiger partial charge is 0.494 e. The molecule has 1 aromatic heterocycles. The van der Waals surface area contributed by atoms with Crippen LogP contribution in [-0.4, -0.2) is 73.7 Å². The molecule has 1 fully saturated rings. The second-order valence-corrected chi connectivity index (χ2v) is 12.3. The van der Waals surface area contributed by atoms with E-state index in [2.05, 4.69) is 74.9 Å². The van der Waals surface area contributed by atoms with Crippen LogP contribution in [-0.2, 0) is 6.54 Å². The van der Waals surface area contributed by atoms with Gasteiger partial charge >= 0.3 is 6.03 Å². The lowest BCUT2D eigenvalue weighted by Crippen LogP contribution is -2.36. The van der Waals surface area contributed by atoms with Gasteiger partial charge in [-0.1, -0.05) is 54.8 Å². The highest BCUT2D eigenvalue weighted by Crippen LogP contribution is 2.28. The molecule has 2 N–H and O–H groups in total. The first-order chi connectivity index (χ1) is 21.6. The molecule has 0 saturated carbocycles. The molecule has 0 aliphatic carbocycles. The number of unbranched alkanes of at least 4 members (excludes halogenated alkanes) is 2. The Morgan fingerprint density at radius 2 is 1.73 bits per heavy atom. The number of piperidine rings is 1. The van der Waals surface area contributed by atoms with Crippen LogP contribution in [0.1, 0.15) is 74.1 Å². The molecular formula is C36H50ClN5O2. The van der Waals surface area contributed by atoms with Crippen molar-refractivity contribution in [1.82, 2.24) is 25.4 Å². The van der Waals surface area contributed by atoms with Crippen LogP contribution < -0.4 is 15.4 Å². The Hall–Kier alpha value is -3.13. The van der Waals surface area contributed by atoms with E-state index in [1.54, 1.807) is 0 Å². The van der Waals surface area contributed by atoms with Crippen LogP contribution in [0.5, 0.6) is 5.75 Å². The zero-order valence-corrected chi connectivity index (χ0v) is 27.1. The lowest BCUT2D eigenvalue weighted by Gasteiger charge is -2.26. The summed E-state index contributed by atoms with van der Waals surface area (Å²) in [6, 6.07) is 22.5. The Labute approximate surface area is 269 Å². The molecule has 1 aliphatic heterocycles. The van der Waals surface area contributed by atoms with Gasteiger partial charge in [0.1, 0.15) is 5.75 Å². The van der Waals surface area contributed by atoms with Gasteiger partial charge in [0.15, 0.2) is 0 Å². The van der Waals surface area contributed by atoms with Gasteiger partial charge in [0.25, 0.3) is 0 Å². The number of benzene rings is 2. The molecule has 7 nitrogen and oxygen atoms in total. The number of hydrogen-bond acceptors (Lipinski definition) is 5. The smallest absolute Gasteiger partial charge is 0.314 e. The lowest BCUT2D eigenvalue weighted by atomic mass is 9.92. The standard InChI is InChI=1S/C36H50ClN5O2/c1-41(26-19-34(35-14-4-6-20-38-35)31-15-17-32(37)18-16-31)23-7-2-5-21-39-36(43)40-22-11-27-44-33-13-10-12-30(28-33)29-42-24-8-3-9-25-42/h4,6,10,12-18,20,28,34H,2-3,5,7-9,11,19,21-27,29H2,1H3,(H2,39,40,43). The van der Waals surface area contributed by atoms with Gasteiger partial charge in [-0.25, -0.2) is 4.79 Å². The highest BCUT2D eigenvalue weighted by Gasteiger charge is 2.16. The van der Waals surface area contributed by atoms with Crippen LogP contribution in [0.4, 0.5) is 4.79 Å². The Bertz CT molecular complexity index is 1220. The maximum Gasteiger partial charge on any atom is 0.314 e. The first kappa shape index (κ1) is 33.8. The summed E-state index contributed by atoms with van der Waals surface area (Å²) in [5.74, 6) is 1.15. The number of rotatable bonds is 18. The van der Waals surface area contributed by atoms with Crippen molar-refractivity contribution in [2.75, 3.05) is 52.9 Å². The fraction of sp³-hybridized carbons (Fsp3) is 0.500. The summed E-state index contributed by atoms with van der Waals surface area (Å²) in [7, 11) is 2.18.